The van der Waals surface area contributed by atoms with Crippen molar-refractivity contribution in [1.82, 2.24) is 4.90 Å². The van der Waals surface area contributed by atoms with Crippen molar-refractivity contribution in [2.75, 3.05) is 11.9 Å². The van der Waals surface area contributed by atoms with Crippen LogP contribution in [0.3, 0.4) is 0 Å². The number of carbonyl (C=O) groups is 3. The van der Waals surface area contributed by atoms with Crippen molar-refractivity contribution in [2.24, 2.45) is 0 Å². The third-order valence-corrected chi connectivity index (χ3v) is 6.12. The highest BCUT2D eigenvalue weighted by Crippen LogP contribution is 2.34. The molecule has 2 aromatic carbocycles. The summed E-state index contributed by atoms with van der Waals surface area (Å²) >= 11 is 4.78. The number of hydrogen-bond donors (Lipinski definition) is 2. The number of rotatable bonds is 4. The maximum absolute atomic E-state index is 12.5. The van der Waals surface area contributed by atoms with E-state index in [0.717, 1.165) is 16.7 Å². The zero-order valence-corrected chi connectivity index (χ0v) is 18.7. The van der Waals surface area contributed by atoms with Crippen LogP contribution in [0.2, 0.25) is 0 Å². The molecule has 0 bridgehead atoms. The zero-order valence-electron chi connectivity index (χ0n) is 13.6. The molecular weight excluding hydrogens is 594 g/mol. The quantitative estimate of drug-likeness (QED) is 0.401. The van der Waals surface area contributed by atoms with Gasteiger partial charge in [-0.1, -0.05) is 18.2 Å². The number of imide groups is 1. The van der Waals surface area contributed by atoms with E-state index in [9.17, 15) is 19.5 Å². The first-order valence-electron chi connectivity index (χ1n) is 7.63. The van der Waals surface area contributed by atoms with Crippen LogP contribution in [-0.2, 0) is 9.59 Å². The molecule has 0 atom stereocenters. The number of amides is 3. The summed E-state index contributed by atoms with van der Waals surface area (Å²) in [6.07, 6.45) is 1.59. The van der Waals surface area contributed by atoms with Crippen LogP contribution in [0.4, 0.5) is 10.5 Å². The van der Waals surface area contributed by atoms with Crippen LogP contribution in [0.5, 0.6) is 5.75 Å². The molecule has 0 spiro atoms. The highest BCUT2D eigenvalue weighted by atomic mass is 127. The van der Waals surface area contributed by atoms with Gasteiger partial charge >= 0.3 is 0 Å². The Morgan fingerprint density at radius 2 is 1.78 bits per heavy atom. The van der Waals surface area contributed by atoms with E-state index in [2.05, 4.69) is 5.32 Å². The second-order valence-electron chi connectivity index (χ2n) is 5.52. The molecule has 0 aliphatic carbocycles. The van der Waals surface area contributed by atoms with E-state index in [1.165, 1.54) is 0 Å². The Kier molecular flexibility index (Phi) is 6.42. The molecular formula is C18H12I2N2O4S. The molecule has 0 aromatic heterocycles. The van der Waals surface area contributed by atoms with Gasteiger partial charge in [-0.05, 0) is 92.8 Å². The Bertz CT molecular complexity index is 940. The maximum atomic E-state index is 12.5. The molecule has 1 fully saturated rings. The minimum atomic E-state index is -0.508. The van der Waals surface area contributed by atoms with Crippen LogP contribution in [0.1, 0.15) is 5.56 Å². The molecule has 0 radical (unpaired) electrons. The van der Waals surface area contributed by atoms with Crippen molar-refractivity contribution in [1.29, 1.82) is 0 Å². The number of carbonyl (C=O) groups excluding carboxylic acids is 3. The molecule has 3 amide bonds. The number of phenols is 1. The minimum Gasteiger partial charge on any atom is -0.506 e. The minimum absolute atomic E-state index is 0.180. The van der Waals surface area contributed by atoms with E-state index in [4.69, 9.17) is 0 Å². The summed E-state index contributed by atoms with van der Waals surface area (Å²) in [5.41, 5.74) is 1.29. The summed E-state index contributed by atoms with van der Waals surface area (Å²) in [6.45, 7) is -0.346. The van der Waals surface area contributed by atoms with E-state index < -0.39 is 17.1 Å². The average Bonchev–Trinajstić information content (AvgIpc) is 2.88. The SMILES string of the molecule is O=C(CN1C(=O)S/C(=C/c2cc(I)c(O)c(I)c2)C1=O)Nc1ccccc1. The summed E-state index contributed by atoms with van der Waals surface area (Å²) in [7, 11) is 0. The lowest BCUT2D eigenvalue weighted by Gasteiger charge is -2.12. The van der Waals surface area contributed by atoms with E-state index in [0.29, 0.717) is 18.4 Å². The maximum Gasteiger partial charge on any atom is 0.294 e. The third-order valence-electron chi connectivity index (χ3n) is 3.57. The average molecular weight is 606 g/mol. The van der Waals surface area contributed by atoms with E-state index in [1.807, 2.05) is 51.2 Å². The Hall–Kier alpha value is -1.60. The monoisotopic (exact) mass is 606 g/mol. The number of nitrogens with zero attached hydrogens (tertiary/aromatic N) is 1. The number of nitrogens with one attached hydrogen (secondary N) is 1. The van der Waals surface area contributed by atoms with Crippen molar-refractivity contribution < 1.29 is 19.5 Å². The van der Waals surface area contributed by atoms with Gasteiger partial charge in [-0.2, -0.15) is 0 Å². The Labute approximate surface area is 186 Å². The Balaban J connectivity index is 1.74. The smallest absolute Gasteiger partial charge is 0.294 e. The highest BCUT2D eigenvalue weighted by Gasteiger charge is 2.36. The molecule has 0 unspecified atom stereocenters. The first-order valence-corrected chi connectivity index (χ1v) is 10.6. The fraction of sp³-hybridized carbons (Fsp3) is 0.0556. The van der Waals surface area contributed by atoms with Gasteiger partial charge in [-0.25, -0.2) is 0 Å². The number of benzene rings is 2. The number of hydrogen-bond acceptors (Lipinski definition) is 5. The lowest BCUT2D eigenvalue weighted by molar-refractivity contribution is -0.127. The van der Waals surface area contributed by atoms with E-state index >= 15 is 0 Å². The second kappa shape index (κ2) is 8.61. The van der Waals surface area contributed by atoms with Gasteiger partial charge in [-0.3, -0.25) is 19.3 Å². The number of halogens is 2. The van der Waals surface area contributed by atoms with Crippen LogP contribution in [0.25, 0.3) is 6.08 Å². The lowest BCUT2D eigenvalue weighted by atomic mass is 10.2. The summed E-state index contributed by atoms with van der Waals surface area (Å²) in [6, 6.07) is 12.3. The van der Waals surface area contributed by atoms with E-state index in [-0.39, 0.29) is 17.2 Å². The fourth-order valence-electron chi connectivity index (χ4n) is 2.32. The Morgan fingerprint density at radius 1 is 1.15 bits per heavy atom. The third kappa shape index (κ3) is 4.82. The lowest BCUT2D eigenvalue weighted by Crippen LogP contribution is -2.36. The normalized spacial score (nSPS) is 15.5. The Morgan fingerprint density at radius 3 is 2.41 bits per heavy atom. The number of para-hydroxylation sites is 1. The van der Waals surface area contributed by atoms with Crippen LogP contribution in [0, 0.1) is 7.14 Å². The molecule has 9 heteroatoms. The van der Waals surface area contributed by atoms with Crippen molar-refractivity contribution in [2.45, 2.75) is 0 Å². The molecule has 1 aliphatic rings. The van der Waals surface area contributed by atoms with Crippen molar-refractivity contribution in [3.63, 3.8) is 0 Å². The van der Waals surface area contributed by atoms with Gasteiger partial charge < -0.3 is 10.4 Å². The summed E-state index contributed by atoms with van der Waals surface area (Å²) in [5, 5.41) is 12.0. The topological polar surface area (TPSA) is 86.7 Å². The van der Waals surface area contributed by atoms with Gasteiger partial charge in [0.05, 0.1) is 12.0 Å². The summed E-state index contributed by atoms with van der Waals surface area (Å²) in [4.78, 5) is 38.0. The zero-order chi connectivity index (χ0) is 19.6. The number of anilines is 1. The standard InChI is InChI=1S/C18H12I2N2O4S/c19-12-6-10(7-13(20)16(12)24)8-14-17(25)22(18(26)27-14)9-15(23)21-11-4-2-1-3-5-11/h1-8,24H,9H2,(H,21,23)/b14-8+. The van der Waals surface area contributed by atoms with Gasteiger partial charge in [0, 0.05) is 5.69 Å². The molecule has 1 aliphatic heterocycles. The van der Waals surface area contributed by atoms with Crippen LogP contribution in [-0.4, -0.2) is 33.6 Å². The molecule has 0 saturated carbocycles. The number of thioether (sulfide) groups is 1. The van der Waals surface area contributed by atoms with Gasteiger partial charge in [0.2, 0.25) is 5.91 Å². The van der Waals surface area contributed by atoms with Gasteiger partial charge in [0.25, 0.3) is 11.1 Å². The molecule has 27 heavy (non-hydrogen) atoms. The van der Waals surface area contributed by atoms with Crippen molar-refractivity contribution in [3.05, 3.63) is 60.1 Å². The predicted molar refractivity (Wildman–Crippen MR) is 121 cm³/mol. The molecule has 138 valence electrons. The number of phenolic OH excluding ortho intramolecular Hbond substituents is 1. The van der Waals surface area contributed by atoms with Crippen LogP contribution < -0.4 is 5.32 Å². The van der Waals surface area contributed by atoms with Crippen molar-refractivity contribution >= 4 is 85.8 Å². The van der Waals surface area contributed by atoms with Gasteiger partial charge in [0.1, 0.15) is 12.3 Å². The van der Waals surface area contributed by atoms with E-state index in [1.54, 1.807) is 42.5 Å². The predicted octanol–water partition coefficient (Wildman–Crippen LogP) is 4.28. The molecule has 2 N–H and O–H groups in total. The molecule has 3 rings (SSSR count). The first kappa shape index (κ1) is 20.1. The molecule has 1 heterocycles. The van der Waals surface area contributed by atoms with Crippen LogP contribution in [0.15, 0.2) is 47.4 Å². The fourth-order valence-corrected chi connectivity index (χ4v) is 4.98. The largest absolute Gasteiger partial charge is 0.506 e. The van der Waals surface area contributed by atoms with Crippen molar-refractivity contribution in [3.8, 4) is 5.75 Å². The second-order valence-corrected chi connectivity index (χ2v) is 8.83. The van der Waals surface area contributed by atoms with Gasteiger partial charge in [0.15, 0.2) is 0 Å². The molecule has 1 saturated heterocycles. The summed E-state index contributed by atoms with van der Waals surface area (Å²) in [5.74, 6) is -0.774. The first-order chi connectivity index (χ1) is 12.8. The summed E-state index contributed by atoms with van der Waals surface area (Å²) < 4.78 is 1.29. The van der Waals surface area contributed by atoms with Crippen LogP contribution >= 0.6 is 56.9 Å². The van der Waals surface area contributed by atoms with Gasteiger partial charge in [-0.15, -0.1) is 0 Å². The number of aromatic hydroxyl groups is 1. The molecule has 2 aromatic rings. The highest BCUT2D eigenvalue weighted by molar-refractivity contribution is 14.1. The molecule has 6 nitrogen and oxygen atoms in total.